The van der Waals surface area contributed by atoms with Crippen LogP contribution in [0.5, 0.6) is 5.75 Å². The van der Waals surface area contributed by atoms with Crippen molar-refractivity contribution in [3.63, 3.8) is 0 Å². The van der Waals surface area contributed by atoms with Crippen LogP contribution >= 0.6 is 0 Å². The van der Waals surface area contributed by atoms with E-state index in [9.17, 15) is 9.59 Å². The molecule has 0 radical (unpaired) electrons. The lowest BCUT2D eigenvalue weighted by Gasteiger charge is -2.16. The third-order valence-corrected chi connectivity index (χ3v) is 4.29. The van der Waals surface area contributed by atoms with Crippen molar-refractivity contribution in [2.24, 2.45) is 5.92 Å². The molecule has 1 aliphatic heterocycles. The Morgan fingerprint density at radius 2 is 1.88 bits per heavy atom. The Kier molecular flexibility index (Phi) is 5.33. The summed E-state index contributed by atoms with van der Waals surface area (Å²) >= 11 is 0. The van der Waals surface area contributed by atoms with E-state index in [4.69, 9.17) is 4.74 Å². The highest BCUT2D eigenvalue weighted by Crippen LogP contribution is 2.25. The lowest BCUT2D eigenvalue weighted by molar-refractivity contribution is -0.132. The zero-order valence-corrected chi connectivity index (χ0v) is 14.3. The molecule has 25 heavy (non-hydrogen) atoms. The molecule has 0 spiro atoms. The minimum atomic E-state index is -0.608. The summed E-state index contributed by atoms with van der Waals surface area (Å²) in [6.07, 6.45) is 0.544. The largest absolute Gasteiger partial charge is 0.494 e. The van der Waals surface area contributed by atoms with Crippen LogP contribution in [0.4, 0.5) is 5.69 Å². The summed E-state index contributed by atoms with van der Waals surface area (Å²) in [5.41, 5.74) is 1.82. The van der Waals surface area contributed by atoms with Crippen molar-refractivity contribution in [2.45, 2.75) is 19.9 Å². The Balaban J connectivity index is 1.56. The van der Waals surface area contributed by atoms with Gasteiger partial charge in [-0.2, -0.15) is 0 Å². The predicted octanol–water partition coefficient (Wildman–Crippen LogP) is 2.75. The molecule has 3 rings (SSSR count). The molecule has 5 heteroatoms. The summed E-state index contributed by atoms with van der Waals surface area (Å²) in [7, 11) is 0. The molecule has 5 nitrogen and oxygen atoms in total. The zero-order valence-electron chi connectivity index (χ0n) is 14.3. The lowest BCUT2D eigenvalue weighted by Crippen LogP contribution is -2.36. The number of nitrogens with zero attached hydrogens (tertiary/aromatic N) is 1. The number of carbonyl (C=O) groups excluding carboxylic acids is 2. The van der Waals surface area contributed by atoms with Crippen molar-refractivity contribution < 1.29 is 14.3 Å². The Morgan fingerprint density at radius 3 is 2.56 bits per heavy atom. The van der Waals surface area contributed by atoms with Gasteiger partial charge < -0.3 is 15.0 Å². The number of hydrogen-bond acceptors (Lipinski definition) is 3. The maximum absolute atomic E-state index is 12.5. The Labute approximate surface area is 147 Å². The number of carbonyl (C=O) groups is 2. The summed E-state index contributed by atoms with van der Waals surface area (Å²) in [5, 5.41) is 2.87. The molecule has 1 fully saturated rings. The van der Waals surface area contributed by atoms with E-state index < -0.39 is 5.92 Å². The van der Waals surface area contributed by atoms with Crippen molar-refractivity contribution in [2.75, 3.05) is 18.1 Å². The summed E-state index contributed by atoms with van der Waals surface area (Å²) in [6.45, 7) is 3.54. The normalized spacial score (nSPS) is 16.8. The van der Waals surface area contributed by atoms with E-state index in [1.807, 2.05) is 61.5 Å². The first-order valence-electron chi connectivity index (χ1n) is 8.55. The van der Waals surface area contributed by atoms with Crippen LogP contribution in [0.25, 0.3) is 0 Å². The van der Waals surface area contributed by atoms with Gasteiger partial charge in [0.05, 0.1) is 6.61 Å². The minimum Gasteiger partial charge on any atom is -0.494 e. The summed E-state index contributed by atoms with van der Waals surface area (Å²) < 4.78 is 5.40. The van der Waals surface area contributed by atoms with E-state index in [2.05, 4.69) is 5.32 Å². The van der Waals surface area contributed by atoms with Crippen LogP contribution in [0.2, 0.25) is 0 Å². The molecule has 1 aliphatic rings. The molecule has 130 valence electrons. The molecule has 1 heterocycles. The number of ether oxygens (including phenoxy) is 1. The van der Waals surface area contributed by atoms with Gasteiger partial charge >= 0.3 is 0 Å². The summed E-state index contributed by atoms with van der Waals surface area (Å²) in [6, 6.07) is 17.0. The number of hydrogen-bond donors (Lipinski definition) is 1. The minimum absolute atomic E-state index is 0.129. The smallest absolute Gasteiger partial charge is 0.239 e. The van der Waals surface area contributed by atoms with E-state index in [1.54, 1.807) is 4.90 Å². The molecule has 2 aromatic carbocycles. The molecular weight excluding hydrogens is 316 g/mol. The van der Waals surface area contributed by atoms with E-state index in [0.29, 0.717) is 26.1 Å². The van der Waals surface area contributed by atoms with Crippen LogP contribution in [0.15, 0.2) is 54.6 Å². The van der Waals surface area contributed by atoms with Gasteiger partial charge in [-0.15, -0.1) is 0 Å². The number of nitrogens with one attached hydrogen (secondary N) is 1. The second kappa shape index (κ2) is 7.83. The maximum atomic E-state index is 12.5. The molecule has 0 bridgehead atoms. The van der Waals surface area contributed by atoms with Gasteiger partial charge in [0.2, 0.25) is 11.8 Å². The molecule has 0 saturated carbocycles. The van der Waals surface area contributed by atoms with Gasteiger partial charge in [0.1, 0.15) is 11.7 Å². The summed E-state index contributed by atoms with van der Waals surface area (Å²) in [4.78, 5) is 26.6. The van der Waals surface area contributed by atoms with Crippen molar-refractivity contribution in [3.05, 3.63) is 60.2 Å². The van der Waals surface area contributed by atoms with E-state index in [1.165, 1.54) is 0 Å². The van der Waals surface area contributed by atoms with Gasteiger partial charge in [-0.25, -0.2) is 0 Å². The van der Waals surface area contributed by atoms with Gasteiger partial charge in [0, 0.05) is 18.8 Å². The monoisotopic (exact) mass is 338 g/mol. The topological polar surface area (TPSA) is 58.6 Å². The molecule has 2 amide bonds. The van der Waals surface area contributed by atoms with Crippen molar-refractivity contribution in [1.82, 2.24) is 5.32 Å². The number of rotatable bonds is 6. The molecule has 1 saturated heterocycles. The molecule has 0 aliphatic carbocycles. The molecule has 1 atom stereocenters. The fourth-order valence-electron chi connectivity index (χ4n) is 2.97. The molecule has 1 N–H and O–H groups in total. The van der Waals surface area contributed by atoms with Gasteiger partial charge in [0.25, 0.3) is 0 Å². The van der Waals surface area contributed by atoms with Crippen molar-refractivity contribution in [1.29, 1.82) is 0 Å². The average molecular weight is 338 g/mol. The van der Waals surface area contributed by atoms with Crippen LogP contribution in [-0.2, 0) is 16.1 Å². The van der Waals surface area contributed by atoms with Crippen LogP contribution in [0.1, 0.15) is 18.9 Å². The maximum Gasteiger partial charge on any atom is 0.239 e. The highest BCUT2D eigenvalue weighted by molar-refractivity contribution is 6.09. The zero-order chi connectivity index (χ0) is 17.6. The van der Waals surface area contributed by atoms with Crippen LogP contribution in [0, 0.1) is 5.92 Å². The van der Waals surface area contributed by atoms with Crippen LogP contribution in [0.3, 0.4) is 0 Å². The number of anilines is 1. The Bertz CT molecular complexity index is 728. The first-order chi connectivity index (χ1) is 12.2. The second-order valence-electron chi connectivity index (χ2n) is 5.96. The average Bonchev–Trinajstić information content (AvgIpc) is 3.03. The number of benzene rings is 2. The van der Waals surface area contributed by atoms with Gasteiger partial charge in [-0.3, -0.25) is 9.59 Å². The first kappa shape index (κ1) is 17.0. The third kappa shape index (κ3) is 3.99. The summed E-state index contributed by atoms with van der Waals surface area (Å²) in [5.74, 6) is -0.141. The quantitative estimate of drug-likeness (QED) is 0.824. The van der Waals surface area contributed by atoms with E-state index in [-0.39, 0.29) is 11.8 Å². The molecular formula is C20H22N2O3. The fourth-order valence-corrected chi connectivity index (χ4v) is 2.97. The predicted molar refractivity (Wildman–Crippen MR) is 96.4 cm³/mol. The van der Waals surface area contributed by atoms with Crippen molar-refractivity contribution >= 4 is 17.5 Å². The molecule has 0 unspecified atom stereocenters. The van der Waals surface area contributed by atoms with Gasteiger partial charge in [0.15, 0.2) is 0 Å². The standard InChI is InChI=1S/C20H22N2O3/c1-2-25-17-10-8-15(9-11-17)14-21-19(23)18-12-13-22(20(18)24)16-6-4-3-5-7-16/h3-11,18H,2,12-14H2,1H3,(H,21,23)/t18-/m0/s1. The number of amides is 2. The Hall–Kier alpha value is -2.82. The highest BCUT2D eigenvalue weighted by Gasteiger charge is 2.37. The lowest BCUT2D eigenvalue weighted by atomic mass is 10.1. The fraction of sp³-hybridized carbons (Fsp3) is 0.300. The highest BCUT2D eigenvalue weighted by atomic mass is 16.5. The van der Waals surface area contributed by atoms with E-state index in [0.717, 1.165) is 17.0 Å². The van der Waals surface area contributed by atoms with Crippen LogP contribution < -0.4 is 15.0 Å². The van der Waals surface area contributed by atoms with Crippen molar-refractivity contribution in [3.8, 4) is 5.75 Å². The molecule has 2 aromatic rings. The number of para-hydroxylation sites is 1. The molecule has 0 aromatic heterocycles. The first-order valence-corrected chi connectivity index (χ1v) is 8.55. The van der Waals surface area contributed by atoms with E-state index >= 15 is 0 Å². The third-order valence-electron chi connectivity index (χ3n) is 4.29. The second-order valence-corrected chi connectivity index (χ2v) is 5.96. The van der Waals surface area contributed by atoms with Gasteiger partial charge in [-0.05, 0) is 43.2 Å². The van der Waals surface area contributed by atoms with Gasteiger partial charge in [-0.1, -0.05) is 30.3 Å². The van der Waals surface area contributed by atoms with Crippen LogP contribution in [-0.4, -0.2) is 25.0 Å². The SMILES string of the molecule is CCOc1ccc(CNC(=O)[C@@H]2CCN(c3ccccc3)C2=O)cc1. The Morgan fingerprint density at radius 1 is 1.16 bits per heavy atom.